The van der Waals surface area contributed by atoms with Crippen molar-refractivity contribution in [3.05, 3.63) is 59.7 Å². The van der Waals surface area contributed by atoms with Gasteiger partial charge in [-0.1, -0.05) is 29.8 Å². The van der Waals surface area contributed by atoms with Gasteiger partial charge in [0.25, 0.3) is 0 Å². The third kappa shape index (κ3) is 4.60. The highest BCUT2D eigenvalue weighted by atomic mass is 32.2. The van der Waals surface area contributed by atoms with Crippen molar-refractivity contribution in [1.82, 2.24) is 9.62 Å². The smallest absolute Gasteiger partial charge is 0.243 e. The van der Waals surface area contributed by atoms with Crippen LogP contribution in [0.4, 0.5) is 5.69 Å². The Morgan fingerprint density at radius 3 is 2.27 bits per heavy atom. The molecular weight excluding hydrogens is 366 g/mol. The van der Waals surface area contributed by atoms with Gasteiger partial charge in [0, 0.05) is 25.3 Å². The van der Waals surface area contributed by atoms with E-state index in [-0.39, 0.29) is 0 Å². The molecule has 0 aliphatic carbocycles. The largest absolute Gasteiger partial charge is 0.358 e. The van der Waals surface area contributed by atoms with E-state index in [0.717, 1.165) is 24.1 Å². The van der Waals surface area contributed by atoms with Gasteiger partial charge in [0.05, 0.1) is 4.90 Å². The number of benzene rings is 2. The summed E-state index contributed by atoms with van der Waals surface area (Å²) in [7, 11) is -3.38. The van der Waals surface area contributed by atoms with E-state index in [1.165, 1.54) is 5.56 Å². The molecule has 7 heteroatoms. The van der Waals surface area contributed by atoms with Gasteiger partial charge in [-0.15, -0.1) is 0 Å². The average molecular weight is 390 g/mol. The average Bonchev–Trinajstić information content (AvgIpc) is 3.17. The summed E-state index contributed by atoms with van der Waals surface area (Å²) in [6.07, 6.45) is 1.86. The van der Waals surface area contributed by atoms with E-state index in [0.29, 0.717) is 29.6 Å². The third-order valence-electron chi connectivity index (χ3n) is 4.39. The SMILES string of the molecule is Cc1ccc(CNC(=S)Nc2ccc(S(=O)(=O)N3CCCC3)cc2)cc1. The molecule has 0 spiro atoms. The zero-order valence-electron chi connectivity index (χ0n) is 14.7. The summed E-state index contributed by atoms with van der Waals surface area (Å²) < 4.78 is 26.6. The maximum absolute atomic E-state index is 12.5. The third-order valence-corrected chi connectivity index (χ3v) is 6.55. The summed E-state index contributed by atoms with van der Waals surface area (Å²) in [5.74, 6) is 0. The summed E-state index contributed by atoms with van der Waals surface area (Å²) in [5, 5.41) is 6.73. The van der Waals surface area contributed by atoms with E-state index in [1.54, 1.807) is 28.6 Å². The molecule has 0 radical (unpaired) electrons. The van der Waals surface area contributed by atoms with Crippen molar-refractivity contribution in [1.29, 1.82) is 0 Å². The van der Waals surface area contributed by atoms with Gasteiger partial charge in [-0.3, -0.25) is 0 Å². The summed E-state index contributed by atoms with van der Waals surface area (Å²) in [4.78, 5) is 0.323. The first-order valence-corrected chi connectivity index (χ1v) is 10.5. The maximum Gasteiger partial charge on any atom is 0.243 e. The van der Waals surface area contributed by atoms with Crippen LogP contribution in [-0.4, -0.2) is 30.9 Å². The van der Waals surface area contributed by atoms with Gasteiger partial charge >= 0.3 is 0 Å². The predicted molar refractivity (Wildman–Crippen MR) is 109 cm³/mol. The Morgan fingerprint density at radius 1 is 1.04 bits per heavy atom. The Hall–Kier alpha value is -1.96. The molecule has 2 aromatic rings. The molecule has 1 aliphatic rings. The molecule has 0 aromatic heterocycles. The fraction of sp³-hybridized carbons (Fsp3) is 0.316. The lowest BCUT2D eigenvalue weighted by atomic mass is 10.1. The molecule has 0 bridgehead atoms. The lowest BCUT2D eigenvalue weighted by Crippen LogP contribution is -2.28. The van der Waals surface area contributed by atoms with Crippen molar-refractivity contribution < 1.29 is 8.42 Å². The summed E-state index contributed by atoms with van der Waals surface area (Å²) in [6, 6.07) is 15.0. The molecule has 1 aliphatic heterocycles. The minimum absolute atomic E-state index is 0.323. The molecule has 3 rings (SSSR count). The van der Waals surface area contributed by atoms with E-state index in [1.807, 2.05) is 0 Å². The monoisotopic (exact) mass is 389 g/mol. The van der Waals surface area contributed by atoms with Gasteiger partial charge in [-0.05, 0) is 61.8 Å². The molecule has 0 unspecified atom stereocenters. The molecule has 1 fully saturated rings. The summed E-state index contributed by atoms with van der Waals surface area (Å²) in [6.45, 7) is 3.90. The Kier molecular flexibility index (Phi) is 5.90. The highest BCUT2D eigenvalue weighted by Gasteiger charge is 2.26. The van der Waals surface area contributed by atoms with E-state index >= 15 is 0 Å². The van der Waals surface area contributed by atoms with Gasteiger partial charge in [0.15, 0.2) is 5.11 Å². The van der Waals surface area contributed by atoms with Gasteiger partial charge in [-0.25, -0.2) is 8.42 Å². The highest BCUT2D eigenvalue weighted by molar-refractivity contribution is 7.89. The molecule has 26 heavy (non-hydrogen) atoms. The second kappa shape index (κ2) is 8.16. The van der Waals surface area contributed by atoms with Crippen LogP contribution in [0.15, 0.2) is 53.4 Å². The van der Waals surface area contributed by atoms with Crippen LogP contribution in [0.1, 0.15) is 24.0 Å². The number of hydrogen-bond donors (Lipinski definition) is 2. The van der Waals surface area contributed by atoms with Crippen LogP contribution in [-0.2, 0) is 16.6 Å². The predicted octanol–water partition coefficient (Wildman–Crippen LogP) is 3.27. The quantitative estimate of drug-likeness (QED) is 0.769. The Bertz CT molecular complexity index is 857. The second-order valence-electron chi connectivity index (χ2n) is 6.43. The van der Waals surface area contributed by atoms with Gasteiger partial charge in [0.2, 0.25) is 10.0 Å². The topological polar surface area (TPSA) is 61.4 Å². The maximum atomic E-state index is 12.5. The van der Waals surface area contributed by atoms with Crippen LogP contribution in [0.5, 0.6) is 0 Å². The Labute approximate surface area is 160 Å². The van der Waals surface area contributed by atoms with E-state index in [9.17, 15) is 8.42 Å². The number of rotatable bonds is 5. The minimum Gasteiger partial charge on any atom is -0.358 e. The Morgan fingerprint density at radius 2 is 1.65 bits per heavy atom. The molecule has 5 nitrogen and oxygen atoms in total. The van der Waals surface area contributed by atoms with E-state index in [2.05, 4.69) is 41.8 Å². The van der Waals surface area contributed by atoms with Crippen molar-refractivity contribution in [2.45, 2.75) is 31.2 Å². The fourth-order valence-electron chi connectivity index (χ4n) is 2.85. The molecule has 1 saturated heterocycles. The molecule has 0 atom stereocenters. The lowest BCUT2D eigenvalue weighted by molar-refractivity contribution is 0.477. The van der Waals surface area contributed by atoms with Crippen molar-refractivity contribution in [2.75, 3.05) is 18.4 Å². The number of sulfonamides is 1. The van der Waals surface area contributed by atoms with E-state index < -0.39 is 10.0 Å². The molecule has 2 aromatic carbocycles. The number of hydrogen-bond acceptors (Lipinski definition) is 3. The van der Waals surface area contributed by atoms with Crippen molar-refractivity contribution in [3.8, 4) is 0 Å². The zero-order valence-corrected chi connectivity index (χ0v) is 16.4. The first kappa shape index (κ1) is 18.8. The number of nitrogens with one attached hydrogen (secondary N) is 2. The van der Waals surface area contributed by atoms with Crippen molar-refractivity contribution in [2.24, 2.45) is 0 Å². The number of nitrogens with zero attached hydrogens (tertiary/aromatic N) is 1. The zero-order chi connectivity index (χ0) is 18.6. The van der Waals surface area contributed by atoms with Crippen LogP contribution in [0.25, 0.3) is 0 Å². The van der Waals surface area contributed by atoms with Crippen LogP contribution in [0, 0.1) is 6.92 Å². The molecular formula is C19H23N3O2S2. The second-order valence-corrected chi connectivity index (χ2v) is 8.78. The number of aryl methyl sites for hydroxylation is 1. The van der Waals surface area contributed by atoms with Crippen molar-refractivity contribution >= 4 is 33.0 Å². The first-order valence-electron chi connectivity index (χ1n) is 8.66. The van der Waals surface area contributed by atoms with Crippen LogP contribution in [0.3, 0.4) is 0 Å². The van der Waals surface area contributed by atoms with E-state index in [4.69, 9.17) is 12.2 Å². The van der Waals surface area contributed by atoms with Gasteiger partial charge in [0.1, 0.15) is 0 Å². The molecule has 1 heterocycles. The number of anilines is 1. The lowest BCUT2D eigenvalue weighted by Gasteiger charge is -2.16. The number of thiocarbonyl (C=S) groups is 1. The minimum atomic E-state index is -3.38. The Balaban J connectivity index is 1.56. The molecule has 138 valence electrons. The molecule has 0 amide bonds. The highest BCUT2D eigenvalue weighted by Crippen LogP contribution is 2.22. The molecule has 2 N–H and O–H groups in total. The van der Waals surface area contributed by atoms with Crippen LogP contribution < -0.4 is 10.6 Å². The summed E-state index contributed by atoms with van der Waals surface area (Å²) >= 11 is 5.31. The van der Waals surface area contributed by atoms with Gasteiger partial charge in [-0.2, -0.15) is 4.31 Å². The van der Waals surface area contributed by atoms with Crippen LogP contribution >= 0.6 is 12.2 Å². The summed E-state index contributed by atoms with van der Waals surface area (Å²) in [5.41, 5.74) is 3.12. The first-order chi connectivity index (χ1) is 12.4. The van der Waals surface area contributed by atoms with Crippen molar-refractivity contribution in [3.63, 3.8) is 0 Å². The normalized spacial score (nSPS) is 15.0. The molecule has 0 saturated carbocycles. The van der Waals surface area contributed by atoms with Gasteiger partial charge < -0.3 is 10.6 Å². The van der Waals surface area contributed by atoms with Crippen LogP contribution in [0.2, 0.25) is 0 Å². The fourth-order valence-corrected chi connectivity index (χ4v) is 4.56. The standard InChI is InChI=1S/C19H23N3O2S2/c1-15-4-6-16(7-5-15)14-20-19(25)21-17-8-10-18(11-9-17)26(23,24)22-12-2-3-13-22/h4-11H,2-3,12-14H2,1H3,(H2,20,21,25).